The van der Waals surface area contributed by atoms with Crippen molar-refractivity contribution in [2.75, 3.05) is 5.32 Å². The van der Waals surface area contributed by atoms with Crippen LogP contribution < -0.4 is 10.9 Å². The minimum atomic E-state index is -0.732. The van der Waals surface area contributed by atoms with Crippen molar-refractivity contribution in [2.24, 2.45) is 0 Å². The highest BCUT2D eigenvalue weighted by Crippen LogP contribution is 2.28. The molecular weight excluding hydrogens is 414 g/mol. The zero-order valence-corrected chi connectivity index (χ0v) is 16.2. The van der Waals surface area contributed by atoms with Gasteiger partial charge in [0.2, 0.25) is 11.7 Å². The fourth-order valence-corrected chi connectivity index (χ4v) is 3.41. The van der Waals surface area contributed by atoms with E-state index in [1.807, 2.05) is 0 Å². The fourth-order valence-electron chi connectivity index (χ4n) is 3.00. The van der Waals surface area contributed by atoms with Crippen LogP contribution in [0.15, 0.2) is 58.9 Å². The van der Waals surface area contributed by atoms with Crippen LogP contribution >= 0.6 is 23.8 Å². The van der Waals surface area contributed by atoms with Crippen LogP contribution in [0.3, 0.4) is 0 Å². The Hall–Kier alpha value is -3.49. The summed E-state index contributed by atoms with van der Waals surface area (Å²) in [5.41, 5.74) is -0.160. The molecule has 0 radical (unpaired) electrons. The molecule has 0 unspecified atom stereocenters. The van der Waals surface area contributed by atoms with Gasteiger partial charge in [0, 0.05) is 10.6 Å². The summed E-state index contributed by atoms with van der Waals surface area (Å²) < 4.78 is 1.15. The van der Waals surface area contributed by atoms with Crippen molar-refractivity contribution in [1.82, 2.24) is 9.55 Å². The van der Waals surface area contributed by atoms with Gasteiger partial charge < -0.3 is 10.4 Å². The summed E-state index contributed by atoms with van der Waals surface area (Å²) in [6.45, 7) is 0. The molecule has 9 heteroatoms. The first-order chi connectivity index (χ1) is 13.9. The van der Waals surface area contributed by atoms with E-state index in [0.29, 0.717) is 22.0 Å². The smallest absolute Gasteiger partial charge is 0.262 e. The number of nitrogens with zero attached hydrogens (tertiary/aromatic N) is 1. The van der Waals surface area contributed by atoms with Gasteiger partial charge in [-0.3, -0.25) is 23.9 Å². The summed E-state index contributed by atoms with van der Waals surface area (Å²) in [6, 6.07) is 12.9. The van der Waals surface area contributed by atoms with E-state index in [2.05, 4.69) is 10.3 Å². The maximum absolute atomic E-state index is 12.7. The Labute approximate surface area is 173 Å². The van der Waals surface area contributed by atoms with Crippen molar-refractivity contribution in [2.45, 2.75) is 0 Å². The standard InChI is InChI=1S/C20H12ClN3O4S/c21-10-5-7-11(8-6-10)24-19(28)14(18(27)23-20(24)29)9-13-16(25)12-3-1-2-4-15(12)22-17(13)26/h1-9,28H,(H,22,26)(H,23,27,29). The first-order valence-corrected chi connectivity index (χ1v) is 9.16. The number of amides is 1. The van der Waals surface area contributed by atoms with Crippen LogP contribution in [0.25, 0.3) is 11.8 Å². The van der Waals surface area contributed by atoms with E-state index < -0.39 is 23.1 Å². The summed E-state index contributed by atoms with van der Waals surface area (Å²) in [5.74, 6) is -1.73. The molecule has 0 saturated carbocycles. The number of carbonyl (C=O) groups is 2. The Morgan fingerprint density at radius 1 is 1.03 bits per heavy atom. The highest BCUT2D eigenvalue weighted by atomic mass is 35.5. The second-order valence-electron chi connectivity index (χ2n) is 6.20. The predicted octanol–water partition coefficient (Wildman–Crippen LogP) is 3.47. The van der Waals surface area contributed by atoms with Gasteiger partial charge in [-0.25, -0.2) is 0 Å². The molecule has 0 aliphatic carbocycles. The molecule has 1 aliphatic rings. The quantitative estimate of drug-likeness (QED) is 0.331. The molecule has 2 heterocycles. The lowest BCUT2D eigenvalue weighted by atomic mass is 9.95. The molecule has 0 fully saturated rings. The monoisotopic (exact) mass is 425 g/mol. The SMILES string of the molecule is O=C1Nc2ccccc2C(=O)C1=Cc1c(O)n(-c2ccc(Cl)cc2)c(=S)[nH]c1=O. The molecular formula is C20H12ClN3O4S. The number of carbonyl (C=O) groups excluding carboxylic acids is 2. The lowest BCUT2D eigenvalue weighted by Gasteiger charge is -2.18. The predicted molar refractivity (Wildman–Crippen MR) is 111 cm³/mol. The Kier molecular flexibility index (Phi) is 4.65. The number of aromatic nitrogens is 2. The lowest BCUT2D eigenvalue weighted by molar-refractivity contribution is -0.112. The highest BCUT2D eigenvalue weighted by molar-refractivity contribution is 7.71. The summed E-state index contributed by atoms with van der Waals surface area (Å²) in [7, 11) is 0. The summed E-state index contributed by atoms with van der Waals surface area (Å²) >= 11 is 11.0. The van der Waals surface area contributed by atoms with Crippen LogP contribution in [0.4, 0.5) is 5.69 Å². The third-order valence-corrected chi connectivity index (χ3v) is 4.94. The number of aromatic hydroxyl groups is 1. The van der Waals surface area contributed by atoms with Crippen LogP contribution in [0.2, 0.25) is 5.02 Å². The van der Waals surface area contributed by atoms with Gasteiger partial charge in [-0.05, 0) is 54.7 Å². The van der Waals surface area contributed by atoms with Crippen LogP contribution in [0, 0.1) is 4.77 Å². The fraction of sp³-hybridized carbons (Fsp3) is 0. The van der Waals surface area contributed by atoms with Crippen molar-refractivity contribution in [1.29, 1.82) is 0 Å². The van der Waals surface area contributed by atoms with E-state index >= 15 is 0 Å². The zero-order chi connectivity index (χ0) is 20.7. The van der Waals surface area contributed by atoms with Crippen LogP contribution in [-0.2, 0) is 4.79 Å². The third kappa shape index (κ3) is 3.28. The van der Waals surface area contributed by atoms with Gasteiger partial charge in [0.15, 0.2) is 4.77 Å². The molecule has 4 rings (SSSR count). The van der Waals surface area contributed by atoms with Crippen molar-refractivity contribution in [3.05, 3.63) is 85.4 Å². The molecule has 0 atom stereocenters. The number of benzene rings is 2. The molecule has 1 amide bonds. The minimum absolute atomic E-state index is 0.0539. The number of fused-ring (bicyclic) bond motifs is 1. The van der Waals surface area contributed by atoms with E-state index in [1.165, 1.54) is 4.57 Å². The molecule has 29 heavy (non-hydrogen) atoms. The van der Waals surface area contributed by atoms with E-state index in [0.717, 1.165) is 6.08 Å². The van der Waals surface area contributed by atoms with Crippen molar-refractivity contribution < 1.29 is 14.7 Å². The molecule has 0 saturated heterocycles. The summed E-state index contributed by atoms with van der Waals surface area (Å²) in [5, 5.41) is 13.8. The average Bonchev–Trinajstić information content (AvgIpc) is 2.68. The van der Waals surface area contributed by atoms with Crippen molar-refractivity contribution in [3.8, 4) is 11.6 Å². The van der Waals surface area contributed by atoms with Crippen LogP contribution in [0.1, 0.15) is 15.9 Å². The van der Waals surface area contributed by atoms with Gasteiger partial charge in [0.25, 0.3) is 11.5 Å². The van der Waals surface area contributed by atoms with E-state index in [4.69, 9.17) is 23.8 Å². The average molecular weight is 426 g/mol. The number of H-pyrrole nitrogens is 1. The molecule has 2 aromatic carbocycles. The van der Waals surface area contributed by atoms with Gasteiger partial charge in [0.1, 0.15) is 5.56 Å². The number of nitrogens with one attached hydrogen (secondary N) is 2. The second-order valence-corrected chi connectivity index (χ2v) is 7.02. The highest BCUT2D eigenvalue weighted by Gasteiger charge is 2.29. The van der Waals surface area contributed by atoms with Gasteiger partial charge in [0.05, 0.1) is 16.9 Å². The first kappa shape index (κ1) is 18.9. The van der Waals surface area contributed by atoms with Gasteiger partial charge in [-0.15, -0.1) is 0 Å². The maximum Gasteiger partial charge on any atom is 0.262 e. The molecule has 144 valence electrons. The minimum Gasteiger partial charge on any atom is -0.494 e. The zero-order valence-electron chi connectivity index (χ0n) is 14.6. The van der Waals surface area contributed by atoms with Gasteiger partial charge in [-0.2, -0.15) is 0 Å². The second kappa shape index (κ2) is 7.16. The lowest BCUT2D eigenvalue weighted by Crippen LogP contribution is -2.28. The number of para-hydroxylation sites is 1. The molecule has 7 nitrogen and oxygen atoms in total. The number of hydrogen-bond acceptors (Lipinski definition) is 5. The Morgan fingerprint density at radius 3 is 2.45 bits per heavy atom. The third-order valence-electron chi connectivity index (χ3n) is 4.40. The van der Waals surface area contributed by atoms with Gasteiger partial charge >= 0.3 is 0 Å². The van der Waals surface area contributed by atoms with E-state index in [9.17, 15) is 19.5 Å². The number of aromatic amines is 1. The normalized spacial score (nSPS) is 14.6. The number of rotatable bonds is 2. The number of ketones is 1. The van der Waals surface area contributed by atoms with E-state index in [-0.39, 0.29) is 15.9 Å². The number of hydrogen-bond donors (Lipinski definition) is 3. The summed E-state index contributed by atoms with van der Waals surface area (Å²) in [4.78, 5) is 40.0. The molecule has 3 N–H and O–H groups in total. The van der Waals surface area contributed by atoms with E-state index in [1.54, 1.807) is 48.5 Å². The largest absolute Gasteiger partial charge is 0.494 e. The van der Waals surface area contributed by atoms with Crippen LogP contribution in [0.5, 0.6) is 5.88 Å². The van der Waals surface area contributed by atoms with Crippen LogP contribution in [-0.4, -0.2) is 26.3 Å². The maximum atomic E-state index is 12.7. The Morgan fingerprint density at radius 2 is 1.72 bits per heavy atom. The number of anilines is 1. The topological polar surface area (TPSA) is 104 Å². The number of Topliss-reactive ketones (excluding diaryl/α,β-unsaturated/α-hetero) is 1. The molecule has 0 bridgehead atoms. The summed E-state index contributed by atoms with van der Waals surface area (Å²) in [6.07, 6.45) is 1.06. The molecule has 1 aromatic heterocycles. The Bertz CT molecular complexity index is 1320. The molecule has 0 spiro atoms. The molecule has 3 aromatic rings. The van der Waals surface area contributed by atoms with Crippen molar-refractivity contribution >= 4 is 47.3 Å². The van der Waals surface area contributed by atoms with Gasteiger partial charge in [-0.1, -0.05) is 23.7 Å². The molecule has 1 aliphatic heterocycles. The first-order valence-electron chi connectivity index (χ1n) is 8.38. The Balaban J connectivity index is 1.90. The van der Waals surface area contributed by atoms with Crippen molar-refractivity contribution in [3.63, 3.8) is 0 Å². The number of halogens is 1.